The van der Waals surface area contributed by atoms with E-state index < -0.39 is 0 Å². The fraction of sp³-hybridized carbons (Fsp3) is 1.00. The molecular formula is C10H22N2O3. The van der Waals surface area contributed by atoms with Crippen molar-refractivity contribution in [2.75, 3.05) is 59.6 Å². The Morgan fingerprint density at radius 2 is 2.00 bits per heavy atom. The molecule has 1 fully saturated rings. The van der Waals surface area contributed by atoms with Crippen molar-refractivity contribution in [2.45, 2.75) is 6.10 Å². The third kappa shape index (κ3) is 4.90. The summed E-state index contributed by atoms with van der Waals surface area (Å²) in [5, 5.41) is 17.7. The molecule has 2 N–H and O–H groups in total. The average Bonchev–Trinajstić information content (AvgIpc) is 2.18. The van der Waals surface area contributed by atoms with Gasteiger partial charge in [0.2, 0.25) is 0 Å². The highest BCUT2D eigenvalue weighted by Gasteiger charge is 2.20. The van der Waals surface area contributed by atoms with Gasteiger partial charge < -0.3 is 19.8 Å². The number of likely N-dealkylation sites (N-methyl/N-ethyl adjacent to an activating group) is 1. The molecule has 5 nitrogen and oxygen atoms in total. The Balaban J connectivity index is 2.28. The van der Waals surface area contributed by atoms with Crippen LogP contribution in [0.15, 0.2) is 0 Å². The van der Waals surface area contributed by atoms with Crippen LogP contribution in [-0.4, -0.2) is 85.7 Å². The molecular weight excluding hydrogens is 196 g/mol. The van der Waals surface area contributed by atoms with Gasteiger partial charge in [0.25, 0.3) is 0 Å². The Kier molecular flexibility index (Phi) is 6.12. The monoisotopic (exact) mass is 218 g/mol. The van der Waals surface area contributed by atoms with Crippen LogP contribution >= 0.6 is 0 Å². The van der Waals surface area contributed by atoms with E-state index in [1.54, 1.807) is 0 Å². The molecule has 1 saturated heterocycles. The second-order valence-corrected chi connectivity index (χ2v) is 4.00. The molecule has 0 saturated carbocycles. The van der Waals surface area contributed by atoms with E-state index in [9.17, 15) is 0 Å². The van der Waals surface area contributed by atoms with Crippen molar-refractivity contribution in [3.05, 3.63) is 0 Å². The van der Waals surface area contributed by atoms with Crippen LogP contribution in [0.2, 0.25) is 0 Å². The van der Waals surface area contributed by atoms with Gasteiger partial charge in [0.05, 0.1) is 25.9 Å². The number of hydrogen-bond acceptors (Lipinski definition) is 5. The Morgan fingerprint density at radius 1 is 1.33 bits per heavy atom. The Bertz CT molecular complexity index is 160. The summed E-state index contributed by atoms with van der Waals surface area (Å²) in [6, 6.07) is 0. The molecule has 1 atom stereocenters. The van der Waals surface area contributed by atoms with Crippen molar-refractivity contribution in [1.82, 2.24) is 9.80 Å². The second kappa shape index (κ2) is 7.14. The molecule has 1 aliphatic rings. The molecule has 0 aromatic rings. The third-order valence-corrected chi connectivity index (χ3v) is 2.64. The van der Waals surface area contributed by atoms with Gasteiger partial charge in [0.1, 0.15) is 0 Å². The third-order valence-electron chi connectivity index (χ3n) is 2.64. The topological polar surface area (TPSA) is 56.2 Å². The minimum atomic E-state index is 0.128. The zero-order valence-electron chi connectivity index (χ0n) is 9.43. The van der Waals surface area contributed by atoms with Crippen LogP contribution in [-0.2, 0) is 4.74 Å². The second-order valence-electron chi connectivity index (χ2n) is 4.00. The molecule has 0 radical (unpaired) electrons. The molecule has 0 aromatic carbocycles. The highest BCUT2D eigenvalue weighted by molar-refractivity contribution is 4.73. The standard InChI is InChI=1S/C10H22N2O3/c1-11-4-7-15-10(8-11)9-12(2-5-13)3-6-14/h10,13-14H,2-9H2,1H3. The fourth-order valence-corrected chi connectivity index (χ4v) is 1.84. The average molecular weight is 218 g/mol. The summed E-state index contributed by atoms with van der Waals surface area (Å²) >= 11 is 0. The number of aliphatic hydroxyl groups is 2. The summed E-state index contributed by atoms with van der Waals surface area (Å²) in [4.78, 5) is 4.27. The van der Waals surface area contributed by atoms with Gasteiger partial charge in [-0.1, -0.05) is 0 Å². The van der Waals surface area contributed by atoms with E-state index in [4.69, 9.17) is 14.9 Å². The molecule has 0 spiro atoms. The van der Waals surface area contributed by atoms with E-state index in [-0.39, 0.29) is 19.3 Å². The van der Waals surface area contributed by atoms with Crippen LogP contribution in [0.25, 0.3) is 0 Å². The quantitative estimate of drug-likeness (QED) is 0.574. The van der Waals surface area contributed by atoms with Crippen molar-refractivity contribution in [1.29, 1.82) is 0 Å². The van der Waals surface area contributed by atoms with Gasteiger partial charge >= 0.3 is 0 Å². The molecule has 0 amide bonds. The molecule has 1 unspecified atom stereocenters. The molecule has 1 rings (SSSR count). The Hall–Kier alpha value is -0.200. The van der Waals surface area contributed by atoms with Crippen LogP contribution in [0.5, 0.6) is 0 Å². The van der Waals surface area contributed by atoms with Crippen molar-refractivity contribution >= 4 is 0 Å². The number of nitrogens with zero attached hydrogens (tertiary/aromatic N) is 2. The molecule has 5 heteroatoms. The van der Waals surface area contributed by atoms with Crippen molar-refractivity contribution in [3.8, 4) is 0 Å². The van der Waals surface area contributed by atoms with E-state index in [2.05, 4.69) is 11.9 Å². The van der Waals surface area contributed by atoms with Crippen molar-refractivity contribution < 1.29 is 14.9 Å². The number of morpholine rings is 1. The number of rotatable bonds is 6. The van der Waals surface area contributed by atoms with Gasteiger partial charge in [-0.3, -0.25) is 4.90 Å². The highest BCUT2D eigenvalue weighted by Crippen LogP contribution is 2.04. The molecule has 0 aromatic heterocycles. The first-order chi connectivity index (χ1) is 7.26. The van der Waals surface area contributed by atoms with E-state index in [0.29, 0.717) is 13.1 Å². The first-order valence-electron chi connectivity index (χ1n) is 5.50. The summed E-state index contributed by atoms with van der Waals surface area (Å²) in [5.74, 6) is 0. The van der Waals surface area contributed by atoms with Crippen LogP contribution in [0, 0.1) is 0 Å². The van der Waals surface area contributed by atoms with E-state index in [1.807, 2.05) is 4.90 Å². The zero-order valence-corrected chi connectivity index (χ0v) is 9.43. The fourth-order valence-electron chi connectivity index (χ4n) is 1.84. The predicted molar refractivity (Wildman–Crippen MR) is 57.8 cm³/mol. The summed E-state index contributed by atoms with van der Waals surface area (Å²) in [5.41, 5.74) is 0. The van der Waals surface area contributed by atoms with Crippen LogP contribution < -0.4 is 0 Å². The highest BCUT2D eigenvalue weighted by atomic mass is 16.5. The minimum absolute atomic E-state index is 0.128. The Morgan fingerprint density at radius 3 is 2.53 bits per heavy atom. The van der Waals surface area contributed by atoms with E-state index in [0.717, 1.165) is 26.2 Å². The Labute approximate surface area is 91.2 Å². The number of aliphatic hydroxyl groups excluding tert-OH is 2. The predicted octanol–water partition coefficient (Wildman–Crippen LogP) is -1.40. The lowest BCUT2D eigenvalue weighted by atomic mass is 10.2. The largest absolute Gasteiger partial charge is 0.395 e. The molecule has 1 heterocycles. The van der Waals surface area contributed by atoms with Crippen LogP contribution in [0.4, 0.5) is 0 Å². The molecule has 1 aliphatic heterocycles. The maximum absolute atomic E-state index is 8.87. The lowest BCUT2D eigenvalue weighted by Crippen LogP contribution is -2.47. The van der Waals surface area contributed by atoms with Gasteiger partial charge in [0.15, 0.2) is 0 Å². The SMILES string of the molecule is CN1CCOC(CN(CCO)CCO)C1. The zero-order chi connectivity index (χ0) is 11.1. The van der Waals surface area contributed by atoms with Gasteiger partial charge in [-0.15, -0.1) is 0 Å². The van der Waals surface area contributed by atoms with Gasteiger partial charge in [-0.2, -0.15) is 0 Å². The van der Waals surface area contributed by atoms with Crippen LogP contribution in [0.1, 0.15) is 0 Å². The van der Waals surface area contributed by atoms with Crippen molar-refractivity contribution in [3.63, 3.8) is 0 Å². The van der Waals surface area contributed by atoms with Gasteiger partial charge in [-0.25, -0.2) is 0 Å². The molecule has 15 heavy (non-hydrogen) atoms. The normalized spacial score (nSPS) is 23.6. The lowest BCUT2D eigenvalue weighted by Gasteiger charge is -2.33. The molecule has 90 valence electrons. The number of hydrogen-bond donors (Lipinski definition) is 2. The maximum Gasteiger partial charge on any atom is 0.0829 e. The molecule has 0 aliphatic carbocycles. The molecule has 0 bridgehead atoms. The van der Waals surface area contributed by atoms with Gasteiger partial charge in [-0.05, 0) is 7.05 Å². The van der Waals surface area contributed by atoms with Gasteiger partial charge in [0, 0.05) is 32.7 Å². The summed E-state index contributed by atoms with van der Waals surface area (Å²) in [6.07, 6.45) is 0.196. The summed E-state index contributed by atoms with van der Waals surface area (Å²) in [7, 11) is 2.08. The van der Waals surface area contributed by atoms with E-state index in [1.165, 1.54) is 0 Å². The lowest BCUT2D eigenvalue weighted by molar-refractivity contribution is -0.0385. The first kappa shape index (κ1) is 12.9. The van der Waals surface area contributed by atoms with Crippen molar-refractivity contribution in [2.24, 2.45) is 0 Å². The first-order valence-corrected chi connectivity index (χ1v) is 5.50. The summed E-state index contributed by atoms with van der Waals surface area (Å²) < 4.78 is 5.62. The maximum atomic E-state index is 8.87. The number of ether oxygens (including phenoxy) is 1. The summed E-state index contributed by atoms with van der Waals surface area (Å²) in [6.45, 7) is 4.92. The smallest absolute Gasteiger partial charge is 0.0829 e. The minimum Gasteiger partial charge on any atom is -0.395 e. The van der Waals surface area contributed by atoms with Crippen LogP contribution in [0.3, 0.4) is 0 Å². The van der Waals surface area contributed by atoms with E-state index >= 15 is 0 Å².